The maximum Gasteiger partial charge on any atom is 0.307 e. The normalized spacial score (nSPS) is 21.8. The van der Waals surface area contributed by atoms with E-state index < -0.39 is 11.9 Å². The fourth-order valence-electron chi connectivity index (χ4n) is 2.37. The fourth-order valence-corrected chi connectivity index (χ4v) is 2.37. The number of ketones is 1. The maximum atomic E-state index is 11.6. The molecular formula is C12H20O3. The topological polar surface area (TPSA) is 54.4 Å². The highest BCUT2D eigenvalue weighted by molar-refractivity contribution is 5.85. The molecule has 3 heteroatoms. The van der Waals surface area contributed by atoms with Crippen LogP contribution in [0.4, 0.5) is 0 Å². The molecule has 1 aliphatic rings. The highest BCUT2D eigenvalue weighted by Crippen LogP contribution is 2.43. The third-order valence-corrected chi connectivity index (χ3v) is 3.53. The number of rotatable bonds is 6. The molecule has 0 aromatic rings. The molecule has 1 N–H and O–H groups in total. The lowest BCUT2D eigenvalue weighted by Gasteiger charge is -2.26. The van der Waals surface area contributed by atoms with Crippen molar-refractivity contribution in [2.75, 3.05) is 0 Å². The molecule has 0 aromatic heterocycles. The molecule has 0 heterocycles. The average molecular weight is 212 g/mol. The second kappa shape index (κ2) is 4.77. The highest BCUT2D eigenvalue weighted by Gasteiger charge is 2.44. The number of carbonyl (C=O) groups excluding carboxylic acids is 1. The van der Waals surface area contributed by atoms with Gasteiger partial charge in [0.05, 0.1) is 5.92 Å². The summed E-state index contributed by atoms with van der Waals surface area (Å²) in [5.41, 5.74) is 0. The van der Waals surface area contributed by atoms with Crippen LogP contribution in [-0.4, -0.2) is 16.9 Å². The molecule has 15 heavy (non-hydrogen) atoms. The Morgan fingerprint density at radius 3 is 2.20 bits per heavy atom. The van der Waals surface area contributed by atoms with Crippen LogP contribution >= 0.6 is 0 Å². The molecular weight excluding hydrogens is 192 g/mol. The molecule has 86 valence electrons. The van der Waals surface area contributed by atoms with Crippen LogP contribution in [0.5, 0.6) is 0 Å². The third kappa shape index (κ3) is 2.80. The van der Waals surface area contributed by atoms with Gasteiger partial charge in [-0.1, -0.05) is 20.3 Å². The van der Waals surface area contributed by atoms with Crippen LogP contribution in [0.2, 0.25) is 0 Å². The fraction of sp³-hybridized carbons (Fsp3) is 0.833. The molecule has 3 nitrogen and oxygen atoms in total. The van der Waals surface area contributed by atoms with Gasteiger partial charge in [-0.3, -0.25) is 9.59 Å². The minimum absolute atomic E-state index is 0.0312. The van der Waals surface area contributed by atoms with E-state index in [4.69, 9.17) is 0 Å². The lowest BCUT2D eigenvalue weighted by atomic mass is 9.76. The summed E-state index contributed by atoms with van der Waals surface area (Å²) in [4.78, 5) is 22.8. The predicted octanol–water partition coefficient (Wildman–Crippen LogP) is 2.35. The molecule has 3 atom stereocenters. The van der Waals surface area contributed by atoms with E-state index in [9.17, 15) is 14.7 Å². The van der Waals surface area contributed by atoms with Crippen molar-refractivity contribution in [2.24, 2.45) is 23.7 Å². The summed E-state index contributed by atoms with van der Waals surface area (Å²) in [7, 11) is 0. The summed E-state index contributed by atoms with van der Waals surface area (Å²) in [6, 6.07) is 0. The van der Waals surface area contributed by atoms with Gasteiger partial charge in [-0.2, -0.15) is 0 Å². The van der Waals surface area contributed by atoms with Gasteiger partial charge in [0, 0.05) is 5.92 Å². The third-order valence-electron chi connectivity index (χ3n) is 3.53. The average Bonchev–Trinajstić information content (AvgIpc) is 2.94. The number of carboxylic acid groups (broad SMARTS) is 1. The van der Waals surface area contributed by atoms with Crippen molar-refractivity contribution in [1.82, 2.24) is 0 Å². The molecule has 0 bridgehead atoms. The molecule has 1 fully saturated rings. The highest BCUT2D eigenvalue weighted by atomic mass is 16.4. The van der Waals surface area contributed by atoms with E-state index in [0.29, 0.717) is 0 Å². The lowest BCUT2D eigenvalue weighted by molar-refractivity contribution is -0.148. The van der Waals surface area contributed by atoms with Gasteiger partial charge in [-0.25, -0.2) is 0 Å². The van der Waals surface area contributed by atoms with E-state index in [0.717, 1.165) is 19.3 Å². The Morgan fingerprint density at radius 1 is 1.40 bits per heavy atom. The van der Waals surface area contributed by atoms with Crippen molar-refractivity contribution in [3.05, 3.63) is 0 Å². The van der Waals surface area contributed by atoms with Crippen LogP contribution in [0.1, 0.15) is 40.0 Å². The summed E-state index contributed by atoms with van der Waals surface area (Å²) in [6.45, 7) is 5.51. The zero-order valence-corrected chi connectivity index (χ0v) is 9.69. The van der Waals surface area contributed by atoms with Gasteiger partial charge in [-0.15, -0.1) is 0 Å². The zero-order chi connectivity index (χ0) is 11.6. The van der Waals surface area contributed by atoms with Gasteiger partial charge in [0.15, 0.2) is 0 Å². The van der Waals surface area contributed by atoms with Crippen LogP contribution in [0.25, 0.3) is 0 Å². The number of hydrogen-bond acceptors (Lipinski definition) is 2. The maximum absolute atomic E-state index is 11.6. The number of carboxylic acids is 1. The molecule has 0 aliphatic heterocycles. The summed E-state index contributed by atoms with van der Waals surface area (Å²) >= 11 is 0. The molecule has 1 rings (SSSR count). The minimum Gasteiger partial charge on any atom is -0.481 e. The van der Waals surface area contributed by atoms with E-state index >= 15 is 0 Å². The summed E-state index contributed by atoms with van der Waals surface area (Å²) in [5, 5.41) is 9.20. The Balaban J connectivity index is 2.83. The van der Waals surface area contributed by atoms with E-state index in [1.54, 1.807) is 0 Å². The molecule has 0 radical (unpaired) electrons. The van der Waals surface area contributed by atoms with Crippen molar-refractivity contribution in [1.29, 1.82) is 0 Å². The number of Topliss-reactive ketones (excluding diaryl/α,β-unsaturated/α-hetero) is 1. The Kier molecular flexibility index (Phi) is 3.89. The van der Waals surface area contributed by atoms with Crippen LogP contribution in [0.3, 0.4) is 0 Å². The minimum atomic E-state index is -0.794. The molecule has 1 saturated carbocycles. The van der Waals surface area contributed by atoms with E-state index in [1.807, 2.05) is 13.8 Å². The van der Waals surface area contributed by atoms with Crippen LogP contribution < -0.4 is 0 Å². The predicted molar refractivity (Wildman–Crippen MR) is 57.5 cm³/mol. The van der Waals surface area contributed by atoms with E-state index in [-0.39, 0.29) is 23.5 Å². The van der Waals surface area contributed by atoms with Crippen molar-refractivity contribution < 1.29 is 14.7 Å². The Morgan fingerprint density at radius 2 is 1.93 bits per heavy atom. The molecule has 0 aromatic carbocycles. The number of carbonyl (C=O) groups is 2. The Bertz CT molecular complexity index is 256. The first-order chi connectivity index (χ1) is 6.99. The molecule has 0 spiro atoms. The van der Waals surface area contributed by atoms with Crippen LogP contribution in [0.15, 0.2) is 0 Å². The standard InChI is InChI=1S/C12H20O3/c1-4-7(2)10(8(3)13)11(12(14)15)9-5-6-9/h7,9-11H,4-6H2,1-3H3,(H,14,15)/t7-,10+,11?/m0/s1. The van der Waals surface area contributed by atoms with Crippen molar-refractivity contribution in [3.63, 3.8) is 0 Å². The summed E-state index contributed by atoms with van der Waals surface area (Å²) in [5.74, 6) is -1.09. The van der Waals surface area contributed by atoms with Crippen molar-refractivity contribution in [3.8, 4) is 0 Å². The quantitative estimate of drug-likeness (QED) is 0.735. The SMILES string of the molecule is CC[C@H](C)[C@H](C(C)=O)C(C(=O)O)C1CC1. The van der Waals surface area contributed by atoms with Gasteiger partial charge in [0.2, 0.25) is 0 Å². The summed E-state index contributed by atoms with van der Waals surface area (Å²) in [6.07, 6.45) is 2.80. The summed E-state index contributed by atoms with van der Waals surface area (Å²) < 4.78 is 0. The Hall–Kier alpha value is -0.860. The first-order valence-electron chi connectivity index (χ1n) is 5.72. The molecule has 0 amide bonds. The van der Waals surface area contributed by atoms with E-state index in [2.05, 4.69) is 0 Å². The van der Waals surface area contributed by atoms with Gasteiger partial charge in [0.1, 0.15) is 5.78 Å². The van der Waals surface area contributed by atoms with Gasteiger partial charge in [-0.05, 0) is 31.6 Å². The molecule has 1 unspecified atom stereocenters. The smallest absolute Gasteiger partial charge is 0.307 e. The van der Waals surface area contributed by atoms with Gasteiger partial charge in [0.25, 0.3) is 0 Å². The van der Waals surface area contributed by atoms with Gasteiger partial charge >= 0.3 is 5.97 Å². The monoisotopic (exact) mass is 212 g/mol. The Labute approximate surface area is 90.9 Å². The molecule has 1 aliphatic carbocycles. The first kappa shape index (κ1) is 12.2. The van der Waals surface area contributed by atoms with Crippen molar-refractivity contribution in [2.45, 2.75) is 40.0 Å². The largest absolute Gasteiger partial charge is 0.481 e. The second-order valence-corrected chi connectivity index (χ2v) is 4.72. The number of hydrogen-bond donors (Lipinski definition) is 1. The van der Waals surface area contributed by atoms with Crippen molar-refractivity contribution >= 4 is 11.8 Å². The van der Waals surface area contributed by atoms with Gasteiger partial charge < -0.3 is 5.11 Å². The van der Waals surface area contributed by atoms with E-state index in [1.165, 1.54) is 6.92 Å². The lowest BCUT2D eigenvalue weighted by Crippen LogP contribution is -2.34. The number of aliphatic carboxylic acids is 1. The zero-order valence-electron chi connectivity index (χ0n) is 9.69. The van der Waals surface area contributed by atoms with Crippen LogP contribution in [-0.2, 0) is 9.59 Å². The second-order valence-electron chi connectivity index (χ2n) is 4.72. The first-order valence-corrected chi connectivity index (χ1v) is 5.72. The molecule has 0 saturated heterocycles. The van der Waals surface area contributed by atoms with Crippen LogP contribution in [0, 0.1) is 23.7 Å².